The fourth-order valence-electron chi connectivity index (χ4n) is 3.44. The molecule has 0 radical (unpaired) electrons. The zero-order valence-electron chi connectivity index (χ0n) is 14.0. The average molecular weight is 335 g/mol. The highest BCUT2D eigenvalue weighted by atomic mass is 16.5. The van der Waals surface area contributed by atoms with Crippen LogP contribution in [0.5, 0.6) is 5.75 Å². The molecule has 2 unspecified atom stereocenters. The molecule has 0 aliphatic heterocycles. The van der Waals surface area contributed by atoms with Crippen LogP contribution in [0.2, 0.25) is 0 Å². The minimum absolute atomic E-state index is 0.141. The summed E-state index contributed by atoms with van der Waals surface area (Å²) < 4.78 is 11.2. The smallest absolute Gasteiger partial charge is 0.223 e. The fraction of sp³-hybridized carbons (Fsp3) is 0.286. The molecule has 25 heavy (non-hydrogen) atoms. The molecule has 1 heterocycles. The summed E-state index contributed by atoms with van der Waals surface area (Å²) in [6.07, 6.45) is 5.12. The molecule has 4 rings (SSSR count). The molecular formula is C21H21NO3. The Morgan fingerprint density at radius 2 is 2.04 bits per heavy atom. The van der Waals surface area contributed by atoms with Crippen LogP contribution in [0, 0.1) is 5.92 Å². The first-order chi connectivity index (χ1) is 12.3. The molecule has 4 nitrogen and oxygen atoms in total. The Balaban J connectivity index is 1.42. The lowest BCUT2D eigenvalue weighted by atomic mass is 9.81. The third-order valence-corrected chi connectivity index (χ3v) is 4.84. The van der Waals surface area contributed by atoms with E-state index >= 15 is 0 Å². The number of ether oxygens (including phenoxy) is 1. The lowest BCUT2D eigenvalue weighted by Gasteiger charge is -2.27. The number of benzene rings is 2. The topological polar surface area (TPSA) is 55.5 Å². The number of aromatic nitrogens is 1. The summed E-state index contributed by atoms with van der Waals surface area (Å²) in [4.78, 5) is 4.08. The summed E-state index contributed by atoms with van der Waals surface area (Å²) in [5.41, 5.74) is 3.74. The molecule has 1 aliphatic rings. The largest absolute Gasteiger partial charge is 0.489 e. The van der Waals surface area contributed by atoms with Crippen LogP contribution < -0.4 is 4.74 Å². The van der Waals surface area contributed by atoms with Crippen LogP contribution in [0.1, 0.15) is 35.1 Å². The van der Waals surface area contributed by atoms with Crippen molar-refractivity contribution in [1.29, 1.82) is 0 Å². The highest BCUT2D eigenvalue weighted by molar-refractivity contribution is 5.38. The van der Waals surface area contributed by atoms with Gasteiger partial charge in [-0.15, -0.1) is 0 Å². The fourth-order valence-corrected chi connectivity index (χ4v) is 3.44. The summed E-state index contributed by atoms with van der Waals surface area (Å²) >= 11 is 0. The Bertz CT molecular complexity index is 814. The van der Waals surface area contributed by atoms with Gasteiger partial charge in [-0.2, -0.15) is 0 Å². The van der Waals surface area contributed by atoms with E-state index in [2.05, 4.69) is 29.2 Å². The maximum absolute atomic E-state index is 10.4. The Labute approximate surface area is 147 Å². The molecule has 2 atom stereocenters. The average Bonchev–Trinajstić information content (AvgIpc) is 3.21. The monoisotopic (exact) mass is 335 g/mol. The summed E-state index contributed by atoms with van der Waals surface area (Å²) in [5, 5.41) is 10.4. The van der Waals surface area contributed by atoms with E-state index in [-0.39, 0.29) is 5.92 Å². The number of rotatable bonds is 5. The van der Waals surface area contributed by atoms with Gasteiger partial charge in [-0.25, -0.2) is 4.98 Å². The Morgan fingerprint density at radius 1 is 1.16 bits per heavy atom. The van der Waals surface area contributed by atoms with Crippen molar-refractivity contribution in [3.05, 3.63) is 83.6 Å². The molecule has 4 heteroatoms. The SMILES string of the molecule is OC(c1ncco1)C1CCc2cc(OCc3ccccc3)ccc2C1. The van der Waals surface area contributed by atoms with Gasteiger partial charge >= 0.3 is 0 Å². The molecule has 1 N–H and O–H groups in total. The van der Waals surface area contributed by atoms with Crippen molar-refractivity contribution in [2.24, 2.45) is 5.92 Å². The van der Waals surface area contributed by atoms with E-state index in [9.17, 15) is 5.11 Å². The third kappa shape index (κ3) is 3.59. The molecule has 2 aromatic carbocycles. The van der Waals surface area contributed by atoms with Crippen molar-refractivity contribution in [3.8, 4) is 5.75 Å². The van der Waals surface area contributed by atoms with Crippen LogP contribution in [0.15, 0.2) is 65.4 Å². The van der Waals surface area contributed by atoms with E-state index in [1.54, 1.807) is 6.20 Å². The van der Waals surface area contributed by atoms with Gasteiger partial charge < -0.3 is 14.3 Å². The third-order valence-electron chi connectivity index (χ3n) is 4.84. The van der Waals surface area contributed by atoms with Gasteiger partial charge in [-0.3, -0.25) is 0 Å². The quantitative estimate of drug-likeness (QED) is 0.763. The van der Waals surface area contributed by atoms with Crippen LogP contribution in [0.3, 0.4) is 0 Å². The summed E-state index contributed by atoms with van der Waals surface area (Å²) in [6, 6.07) is 16.4. The molecule has 0 saturated carbocycles. The summed E-state index contributed by atoms with van der Waals surface area (Å²) in [5.74, 6) is 1.45. The lowest BCUT2D eigenvalue weighted by Crippen LogP contribution is -2.21. The van der Waals surface area contributed by atoms with E-state index in [1.165, 1.54) is 17.4 Å². The molecular weight excluding hydrogens is 314 g/mol. The number of hydrogen-bond donors (Lipinski definition) is 1. The number of aliphatic hydroxyl groups is 1. The number of nitrogens with zero attached hydrogens (tertiary/aromatic N) is 1. The maximum Gasteiger partial charge on any atom is 0.223 e. The first kappa shape index (κ1) is 15.9. The van der Waals surface area contributed by atoms with Gasteiger partial charge in [0.15, 0.2) is 0 Å². The first-order valence-corrected chi connectivity index (χ1v) is 8.65. The molecule has 0 spiro atoms. The molecule has 1 aromatic heterocycles. The number of aliphatic hydroxyl groups excluding tert-OH is 1. The lowest BCUT2D eigenvalue weighted by molar-refractivity contribution is 0.0731. The van der Waals surface area contributed by atoms with Crippen LogP contribution in [-0.2, 0) is 19.4 Å². The second-order valence-corrected chi connectivity index (χ2v) is 6.52. The molecule has 0 amide bonds. The van der Waals surface area contributed by atoms with Crippen LogP contribution in [0.25, 0.3) is 0 Å². The van der Waals surface area contributed by atoms with Crippen molar-refractivity contribution < 1.29 is 14.3 Å². The van der Waals surface area contributed by atoms with Gasteiger partial charge in [-0.05, 0) is 54.0 Å². The van der Waals surface area contributed by atoms with E-state index in [0.717, 1.165) is 30.6 Å². The number of hydrogen-bond acceptors (Lipinski definition) is 4. The van der Waals surface area contributed by atoms with E-state index in [0.29, 0.717) is 12.5 Å². The standard InChI is InChI=1S/C21H21NO3/c23-20(21-22-10-11-24-21)18-7-6-17-13-19(9-8-16(17)12-18)25-14-15-4-2-1-3-5-15/h1-5,8-11,13,18,20,23H,6-7,12,14H2. The number of fused-ring (bicyclic) bond motifs is 1. The maximum atomic E-state index is 10.4. The van der Waals surface area contributed by atoms with Crippen LogP contribution in [-0.4, -0.2) is 10.1 Å². The van der Waals surface area contributed by atoms with Crippen molar-refractivity contribution >= 4 is 0 Å². The van der Waals surface area contributed by atoms with Gasteiger partial charge in [0.2, 0.25) is 5.89 Å². The molecule has 0 saturated heterocycles. The summed E-state index contributed by atoms with van der Waals surface area (Å²) in [6.45, 7) is 0.575. The van der Waals surface area contributed by atoms with Gasteiger partial charge in [-0.1, -0.05) is 36.4 Å². The molecule has 128 valence electrons. The van der Waals surface area contributed by atoms with Crippen LogP contribution >= 0.6 is 0 Å². The van der Waals surface area contributed by atoms with Crippen molar-refractivity contribution in [1.82, 2.24) is 4.98 Å². The Morgan fingerprint density at radius 3 is 2.84 bits per heavy atom. The van der Waals surface area contributed by atoms with Gasteiger partial charge in [0.1, 0.15) is 24.7 Å². The minimum atomic E-state index is -0.642. The summed E-state index contributed by atoms with van der Waals surface area (Å²) in [7, 11) is 0. The van der Waals surface area contributed by atoms with E-state index in [4.69, 9.17) is 9.15 Å². The highest BCUT2D eigenvalue weighted by Gasteiger charge is 2.28. The van der Waals surface area contributed by atoms with Crippen molar-refractivity contribution in [2.75, 3.05) is 0 Å². The second-order valence-electron chi connectivity index (χ2n) is 6.52. The number of oxazole rings is 1. The van der Waals surface area contributed by atoms with E-state index in [1.807, 2.05) is 24.3 Å². The van der Waals surface area contributed by atoms with Gasteiger partial charge in [0.25, 0.3) is 0 Å². The van der Waals surface area contributed by atoms with Gasteiger partial charge in [0, 0.05) is 0 Å². The molecule has 1 aliphatic carbocycles. The normalized spacial score (nSPS) is 17.7. The van der Waals surface area contributed by atoms with Gasteiger partial charge in [0.05, 0.1) is 6.20 Å². The second kappa shape index (κ2) is 7.11. The van der Waals surface area contributed by atoms with Crippen molar-refractivity contribution in [2.45, 2.75) is 32.0 Å². The zero-order chi connectivity index (χ0) is 17.1. The molecule has 3 aromatic rings. The van der Waals surface area contributed by atoms with Crippen molar-refractivity contribution in [3.63, 3.8) is 0 Å². The minimum Gasteiger partial charge on any atom is -0.489 e. The number of aryl methyl sites for hydroxylation is 1. The Kier molecular flexibility index (Phi) is 4.53. The van der Waals surface area contributed by atoms with E-state index < -0.39 is 6.10 Å². The highest BCUT2D eigenvalue weighted by Crippen LogP contribution is 2.35. The first-order valence-electron chi connectivity index (χ1n) is 8.65. The molecule has 0 bridgehead atoms. The Hall–Kier alpha value is -2.59. The molecule has 0 fully saturated rings. The predicted molar refractivity (Wildman–Crippen MR) is 94.2 cm³/mol. The predicted octanol–water partition coefficient (Wildman–Crippen LogP) is 4.09. The van der Waals surface area contributed by atoms with Crippen LogP contribution in [0.4, 0.5) is 0 Å². The zero-order valence-corrected chi connectivity index (χ0v) is 14.0.